The van der Waals surface area contributed by atoms with Crippen LogP contribution in [0.25, 0.3) is 0 Å². The van der Waals surface area contributed by atoms with Crippen molar-refractivity contribution in [1.82, 2.24) is 9.80 Å². The summed E-state index contributed by atoms with van der Waals surface area (Å²) >= 11 is 1.37. The summed E-state index contributed by atoms with van der Waals surface area (Å²) in [5, 5.41) is 4.74. The van der Waals surface area contributed by atoms with E-state index in [1.54, 1.807) is 23.1 Å². The van der Waals surface area contributed by atoms with E-state index >= 15 is 0 Å². The molecule has 2 aromatic carbocycles. The summed E-state index contributed by atoms with van der Waals surface area (Å²) in [7, 11) is 4.08. The second-order valence-electron chi connectivity index (χ2n) is 7.35. The molecule has 0 atom stereocenters. The minimum Gasteiger partial charge on any atom is -0.335 e. The first-order chi connectivity index (χ1) is 14.5. The summed E-state index contributed by atoms with van der Waals surface area (Å²) in [5.41, 5.74) is 3.33. The highest BCUT2D eigenvalue weighted by molar-refractivity contribution is 7.12. The molecule has 1 heterocycles. The highest BCUT2D eigenvalue weighted by atomic mass is 32.1. The lowest BCUT2D eigenvalue weighted by Gasteiger charge is -2.23. The topological polar surface area (TPSA) is 52.6 Å². The van der Waals surface area contributed by atoms with Crippen LogP contribution in [0.2, 0.25) is 0 Å². The molecule has 0 aliphatic heterocycles. The lowest BCUT2D eigenvalue weighted by Crippen LogP contribution is -2.31. The number of thiophene rings is 1. The molecule has 1 N–H and O–H groups in total. The third-order valence-electron chi connectivity index (χ3n) is 4.71. The van der Waals surface area contributed by atoms with E-state index in [9.17, 15) is 9.59 Å². The summed E-state index contributed by atoms with van der Waals surface area (Å²) in [6.45, 7) is 3.94. The van der Waals surface area contributed by atoms with Crippen molar-refractivity contribution in [1.29, 1.82) is 0 Å². The predicted molar refractivity (Wildman–Crippen MR) is 123 cm³/mol. The first-order valence-corrected chi connectivity index (χ1v) is 10.8. The Morgan fingerprint density at radius 2 is 1.57 bits per heavy atom. The Bertz CT molecular complexity index is 982. The van der Waals surface area contributed by atoms with Gasteiger partial charge in [0.15, 0.2) is 0 Å². The molecule has 5 nitrogen and oxygen atoms in total. The molecular formula is C24H27N3O2S. The van der Waals surface area contributed by atoms with E-state index in [4.69, 9.17) is 0 Å². The van der Waals surface area contributed by atoms with Crippen molar-refractivity contribution >= 4 is 28.8 Å². The number of benzene rings is 2. The minimum absolute atomic E-state index is 0.100. The maximum Gasteiger partial charge on any atom is 0.265 e. The van der Waals surface area contributed by atoms with Crippen molar-refractivity contribution < 1.29 is 9.59 Å². The fourth-order valence-electron chi connectivity index (χ4n) is 3.20. The van der Waals surface area contributed by atoms with Gasteiger partial charge in [-0.3, -0.25) is 9.59 Å². The Morgan fingerprint density at radius 1 is 0.900 bits per heavy atom. The van der Waals surface area contributed by atoms with Crippen LogP contribution in [0, 0.1) is 0 Å². The number of carbonyl (C=O) groups is 2. The SMILES string of the molecule is CCN(Cc1ccc(CN(C)C)cc1)C(=O)c1ccccc1NC(=O)c1cccs1. The molecule has 1 aromatic heterocycles. The van der Waals surface area contributed by atoms with Gasteiger partial charge in [-0.2, -0.15) is 0 Å². The van der Waals surface area contributed by atoms with Crippen molar-refractivity contribution in [3.05, 3.63) is 87.6 Å². The summed E-state index contributed by atoms with van der Waals surface area (Å²) in [6.07, 6.45) is 0. The lowest BCUT2D eigenvalue weighted by atomic mass is 10.1. The normalized spacial score (nSPS) is 10.8. The van der Waals surface area contributed by atoms with Crippen molar-refractivity contribution in [3.8, 4) is 0 Å². The maximum atomic E-state index is 13.3. The molecule has 6 heteroatoms. The van der Waals surface area contributed by atoms with Crippen LogP contribution >= 0.6 is 11.3 Å². The average Bonchev–Trinajstić information content (AvgIpc) is 3.28. The number of hydrogen-bond acceptors (Lipinski definition) is 4. The van der Waals surface area contributed by atoms with Gasteiger partial charge >= 0.3 is 0 Å². The second kappa shape index (κ2) is 10.2. The predicted octanol–water partition coefficient (Wildman–Crippen LogP) is 4.72. The van der Waals surface area contributed by atoms with Gasteiger partial charge in [0.1, 0.15) is 0 Å². The van der Waals surface area contributed by atoms with Crippen molar-refractivity contribution in [2.24, 2.45) is 0 Å². The van der Waals surface area contributed by atoms with Gasteiger partial charge in [0.05, 0.1) is 16.1 Å². The van der Waals surface area contributed by atoms with Gasteiger partial charge < -0.3 is 15.1 Å². The van der Waals surface area contributed by atoms with E-state index in [0.29, 0.717) is 29.2 Å². The quantitative estimate of drug-likeness (QED) is 0.572. The Kier molecular flexibility index (Phi) is 7.38. The fourth-order valence-corrected chi connectivity index (χ4v) is 3.82. The number of anilines is 1. The van der Waals surface area contributed by atoms with E-state index in [1.807, 2.05) is 44.6 Å². The van der Waals surface area contributed by atoms with E-state index in [1.165, 1.54) is 16.9 Å². The number of hydrogen-bond donors (Lipinski definition) is 1. The maximum absolute atomic E-state index is 13.3. The van der Waals surface area contributed by atoms with Crippen LogP contribution in [-0.2, 0) is 13.1 Å². The van der Waals surface area contributed by atoms with Gasteiger partial charge in [0.2, 0.25) is 0 Å². The van der Waals surface area contributed by atoms with Gasteiger partial charge in [-0.15, -0.1) is 11.3 Å². The molecule has 3 aromatic rings. The molecule has 0 saturated heterocycles. The smallest absolute Gasteiger partial charge is 0.265 e. The van der Waals surface area contributed by atoms with E-state index in [0.717, 1.165) is 12.1 Å². The summed E-state index contributed by atoms with van der Waals surface area (Å²) in [6, 6.07) is 19.1. The zero-order valence-corrected chi connectivity index (χ0v) is 18.4. The molecule has 0 radical (unpaired) electrons. The molecule has 156 valence electrons. The largest absolute Gasteiger partial charge is 0.335 e. The van der Waals surface area contributed by atoms with Crippen molar-refractivity contribution in [3.63, 3.8) is 0 Å². The first-order valence-electron chi connectivity index (χ1n) is 9.93. The fraction of sp³-hybridized carbons (Fsp3) is 0.250. The van der Waals surface area contributed by atoms with Crippen LogP contribution in [0.1, 0.15) is 38.1 Å². The molecule has 0 aliphatic rings. The number of amides is 2. The molecule has 30 heavy (non-hydrogen) atoms. The number of nitrogens with zero attached hydrogens (tertiary/aromatic N) is 2. The minimum atomic E-state index is -0.204. The number of rotatable bonds is 8. The lowest BCUT2D eigenvalue weighted by molar-refractivity contribution is 0.0753. The highest BCUT2D eigenvalue weighted by Gasteiger charge is 2.19. The molecule has 0 spiro atoms. The van der Waals surface area contributed by atoms with Gasteiger partial charge in [-0.05, 0) is 55.7 Å². The molecule has 0 fully saturated rings. The monoisotopic (exact) mass is 421 g/mol. The Labute approximate surface area is 181 Å². The molecule has 0 unspecified atom stereocenters. The number of nitrogens with one attached hydrogen (secondary N) is 1. The van der Waals surface area contributed by atoms with Gasteiger partial charge in [0, 0.05) is 19.6 Å². The second-order valence-corrected chi connectivity index (χ2v) is 8.30. The van der Waals surface area contributed by atoms with Crippen LogP contribution < -0.4 is 5.32 Å². The summed E-state index contributed by atoms with van der Waals surface area (Å²) in [5.74, 6) is -0.304. The molecule has 0 aliphatic carbocycles. The van der Waals surface area contributed by atoms with Crippen molar-refractivity contribution in [2.75, 3.05) is 26.0 Å². The summed E-state index contributed by atoms with van der Waals surface area (Å²) < 4.78 is 0. The Morgan fingerprint density at radius 3 is 2.17 bits per heavy atom. The molecule has 2 amide bonds. The molecule has 0 saturated carbocycles. The highest BCUT2D eigenvalue weighted by Crippen LogP contribution is 2.21. The molecular weight excluding hydrogens is 394 g/mol. The Balaban J connectivity index is 1.75. The van der Waals surface area contributed by atoms with E-state index in [-0.39, 0.29) is 11.8 Å². The van der Waals surface area contributed by atoms with Gasteiger partial charge in [0.25, 0.3) is 11.8 Å². The third kappa shape index (κ3) is 5.55. The Hall–Kier alpha value is -2.96. The summed E-state index contributed by atoms with van der Waals surface area (Å²) in [4.78, 5) is 30.2. The zero-order valence-electron chi connectivity index (χ0n) is 17.6. The van der Waals surface area contributed by atoms with Crippen molar-refractivity contribution in [2.45, 2.75) is 20.0 Å². The zero-order chi connectivity index (χ0) is 21.5. The van der Waals surface area contributed by atoms with Gasteiger partial charge in [-0.25, -0.2) is 0 Å². The average molecular weight is 422 g/mol. The third-order valence-corrected chi connectivity index (χ3v) is 5.58. The van der Waals surface area contributed by atoms with Crippen LogP contribution in [0.3, 0.4) is 0 Å². The van der Waals surface area contributed by atoms with Crippen LogP contribution in [0.15, 0.2) is 66.0 Å². The molecule has 3 rings (SSSR count). The van der Waals surface area contributed by atoms with Crippen LogP contribution in [-0.4, -0.2) is 42.3 Å². The van der Waals surface area contributed by atoms with Gasteiger partial charge in [-0.1, -0.05) is 42.5 Å². The van der Waals surface area contributed by atoms with E-state index in [2.05, 4.69) is 34.5 Å². The van der Waals surface area contributed by atoms with Crippen LogP contribution in [0.5, 0.6) is 0 Å². The van der Waals surface area contributed by atoms with E-state index < -0.39 is 0 Å². The first kappa shape index (κ1) is 21.7. The van der Waals surface area contributed by atoms with Crippen LogP contribution in [0.4, 0.5) is 5.69 Å². The standard InChI is InChI=1S/C24H27N3O2S/c1-4-27(17-19-13-11-18(12-14-19)16-26(2)3)24(29)20-8-5-6-9-21(20)25-23(28)22-10-7-15-30-22/h5-15H,4,16-17H2,1-3H3,(H,25,28). The molecule has 0 bridgehead atoms. The number of para-hydroxylation sites is 1. The number of carbonyl (C=O) groups excluding carboxylic acids is 2.